The first-order valence-corrected chi connectivity index (χ1v) is 4.34. The molecule has 0 spiro atoms. The van der Waals surface area contributed by atoms with Gasteiger partial charge in [0, 0.05) is 13.0 Å². The maximum atomic E-state index is 11.0. The number of rotatable bonds is 5. The van der Waals surface area contributed by atoms with Crippen LogP contribution in [-0.2, 0) is 9.59 Å². The maximum Gasteiger partial charge on any atom is 0.227 e. The molecule has 3 heteroatoms. The molecule has 0 aliphatic rings. The molecule has 0 radical (unpaired) electrons. The van der Waals surface area contributed by atoms with Crippen LogP contribution in [0.1, 0.15) is 33.6 Å². The standard InChI is InChI=1S/C9H17NO2/c1-4-8(11)5-9(12)10-6-7(2)3/h7H,4-6H2,1-3H3,(H,10,12). The summed E-state index contributed by atoms with van der Waals surface area (Å²) in [6, 6.07) is 0. The van der Waals surface area contributed by atoms with Crippen LogP contribution in [0.2, 0.25) is 0 Å². The number of carbonyl (C=O) groups is 2. The van der Waals surface area contributed by atoms with Gasteiger partial charge >= 0.3 is 0 Å². The van der Waals surface area contributed by atoms with Crippen molar-refractivity contribution in [2.75, 3.05) is 6.54 Å². The second kappa shape index (κ2) is 5.75. The molecule has 1 N–H and O–H groups in total. The highest BCUT2D eigenvalue weighted by Gasteiger charge is 2.06. The minimum Gasteiger partial charge on any atom is -0.355 e. The molecule has 12 heavy (non-hydrogen) atoms. The number of hydrogen-bond donors (Lipinski definition) is 1. The summed E-state index contributed by atoms with van der Waals surface area (Å²) in [6.45, 7) is 6.44. The van der Waals surface area contributed by atoms with Crippen molar-refractivity contribution >= 4 is 11.7 Å². The summed E-state index contributed by atoms with van der Waals surface area (Å²) in [6.07, 6.45) is 0.471. The molecule has 0 atom stereocenters. The fraction of sp³-hybridized carbons (Fsp3) is 0.778. The van der Waals surface area contributed by atoms with E-state index in [9.17, 15) is 9.59 Å². The van der Waals surface area contributed by atoms with Crippen LogP contribution in [-0.4, -0.2) is 18.2 Å². The molecule has 0 rings (SSSR count). The Morgan fingerprint density at radius 2 is 1.92 bits per heavy atom. The van der Waals surface area contributed by atoms with E-state index in [1.807, 2.05) is 13.8 Å². The minimum atomic E-state index is -0.157. The third-order valence-electron chi connectivity index (χ3n) is 1.46. The average Bonchev–Trinajstić information content (AvgIpc) is 2.00. The lowest BCUT2D eigenvalue weighted by Crippen LogP contribution is -2.28. The highest BCUT2D eigenvalue weighted by Crippen LogP contribution is 1.91. The van der Waals surface area contributed by atoms with E-state index < -0.39 is 0 Å². The molecule has 70 valence electrons. The van der Waals surface area contributed by atoms with Crippen molar-refractivity contribution in [1.82, 2.24) is 5.32 Å². The van der Waals surface area contributed by atoms with E-state index in [1.54, 1.807) is 6.92 Å². The Labute approximate surface area is 73.5 Å². The summed E-state index contributed by atoms with van der Waals surface area (Å²) >= 11 is 0. The summed E-state index contributed by atoms with van der Waals surface area (Å²) in [5.41, 5.74) is 0. The van der Waals surface area contributed by atoms with Crippen molar-refractivity contribution < 1.29 is 9.59 Å². The van der Waals surface area contributed by atoms with Gasteiger partial charge in [0.1, 0.15) is 5.78 Å². The van der Waals surface area contributed by atoms with Gasteiger partial charge in [-0.2, -0.15) is 0 Å². The average molecular weight is 171 g/mol. The molecule has 0 saturated heterocycles. The van der Waals surface area contributed by atoms with Crippen molar-refractivity contribution in [2.45, 2.75) is 33.6 Å². The normalized spacial score (nSPS) is 10.0. The SMILES string of the molecule is CCC(=O)CC(=O)NCC(C)C. The van der Waals surface area contributed by atoms with Crippen LogP contribution in [0.25, 0.3) is 0 Å². The van der Waals surface area contributed by atoms with E-state index >= 15 is 0 Å². The highest BCUT2D eigenvalue weighted by molar-refractivity contribution is 5.97. The van der Waals surface area contributed by atoms with Gasteiger partial charge in [-0.1, -0.05) is 20.8 Å². The number of amides is 1. The first kappa shape index (κ1) is 11.1. The molecule has 0 aromatic heterocycles. The van der Waals surface area contributed by atoms with Crippen LogP contribution in [0.15, 0.2) is 0 Å². The number of nitrogens with one attached hydrogen (secondary N) is 1. The summed E-state index contributed by atoms with van der Waals surface area (Å²) in [7, 11) is 0. The third-order valence-corrected chi connectivity index (χ3v) is 1.46. The fourth-order valence-electron chi connectivity index (χ4n) is 0.685. The summed E-state index contributed by atoms with van der Waals surface area (Å²) in [5, 5.41) is 2.69. The molecule has 0 unspecified atom stereocenters. The van der Waals surface area contributed by atoms with Crippen LogP contribution in [0.5, 0.6) is 0 Å². The minimum absolute atomic E-state index is 0.00347. The molecule has 0 aromatic carbocycles. The monoisotopic (exact) mass is 171 g/mol. The van der Waals surface area contributed by atoms with Crippen LogP contribution in [0.3, 0.4) is 0 Å². The Bertz CT molecular complexity index is 164. The van der Waals surface area contributed by atoms with Crippen molar-refractivity contribution in [3.05, 3.63) is 0 Å². The summed E-state index contributed by atoms with van der Waals surface area (Å²) in [5.74, 6) is 0.275. The Hall–Kier alpha value is -0.860. The van der Waals surface area contributed by atoms with Crippen LogP contribution in [0.4, 0.5) is 0 Å². The molecule has 0 bridgehead atoms. The number of Topliss-reactive ketones (excluding diaryl/α,β-unsaturated/α-hetero) is 1. The van der Waals surface area contributed by atoms with Gasteiger partial charge in [0.15, 0.2) is 0 Å². The van der Waals surface area contributed by atoms with Crippen LogP contribution in [0, 0.1) is 5.92 Å². The zero-order valence-electron chi connectivity index (χ0n) is 8.02. The summed E-state index contributed by atoms with van der Waals surface area (Å²) in [4.78, 5) is 21.8. The molecule has 0 heterocycles. The van der Waals surface area contributed by atoms with E-state index in [0.717, 1.165) is 0 Å². The Balaban J connectivity index is 3.53. The molecular weight excluding hydrogens is 154 g/mol. The lowest BCUT2D eigenvalue weighted by atomic mass is 10.2. The van der Waals surface area contributed by atoms with Crippen molar-refractivity contribution in [1.29, 1.82) is 0 Å². The zero-order chi connectivity index (χ0) is 9.56. The van der Waals surface area contributed by atoms with Crippen molar-refractivity contribution in [3.8, 4) is 0 Å². The topological polar surface area (TPSA) is 46.2 Å². The smallest absolute Gasteiger partial charge is 0.227 e. The predicted molar refractivity (Wildman–Crippen MR) is 47.8 cm³/mol. The first-order valence-electron chi connectivity index (χ1n) is 4.34. The molecule has 0 aliphatic heterocycles. The van der Waals surface area contributed by atoms with Crippen LogP contribution >= 0.6 is 0 Å². The lowest BCUT2D eigenvalue weighted by Gasteiger charge is -2.06. The maximum absolute atomic E-state index is 11.0. The van der Waals surface area contributed by atoms with Gasteiger partial charge in [-0.3, -0.25) is 9.59 Å². The lowest BCUT2D eigenvalue weighted by molar-refractivity contribution is -0.128. The number of hydrogen-bond acceptors (Lipinski definition) is 2. The molecule has 1 amide bonds. The van der Waals surface area contributed by atoms with Gasteiger partial charge in [-0.25, -0.2) is 0 Å². The second-order valence-electron chi connectivity index (χ2n) is 3.27. The van der Waals surface area contributed by atoms with Gasteiger partial charge in [-0.05, 0) is 5.92 Å². The van der Waals surface area contributed by atoms with E-state index in [-0.39, 0.29) is 18.1 Å². The van der Waals surface area contributed by atoms with E-state index in [1.165, 1.54) is 0 Å². The fourth-order valence-corrected chi connectivity index (χ4v) is 0.685. The molecule has 3 nitrogen and oxygen atoms in total. The Morgan fingerprint density at radius 3 is 2.33 bits per heavy atom. The third kappa shape index (κ3) is 5.89. The van der Waals surface area contributed by atoms with E-state index in [2.05, 4.69) is 5.32 Å². The van der Waals surface area contributed by atoms with Gasteiger partial charge in [0.25, 0.3) is 0 Å². The zero-order valence-corrected chi connectivity index (χ0v) is 8.02. The van der Waals surface area contributed by atoms with Crippen molar-refractivity contribution in [3.63, 3.8) is 0 Å². The number of carbonyl (C=O) groups excluding carboxylic acids is 2. The van der Waals surface area contributed by atoms with Crippen LogP contribution < -0.4 is 5.32 Å². The predicted octanol–water partition coefficient (Wildman–Crippen LogP) is 1.13. The molecule has 0 aliphatic carbocycles. The quantitative estimate of drug-likeness (QED) is 0.630. The van der Waals surface area contributed by atoms with Gasteiger partial charge in [-0.15, -0.1) is 0 Å². The van der Waals surface area contributed by atoms with E-state index in [4.69, 9.17) is 0 Å². The van der Waals surface area contributed by atoms with Gasteiger partial charge < -0.3 is 5.32 Å². The number of ketones is 1. The largest absolute Gasteiger partial charge is 0.355 e. The second-order valence-corrected chi connectivity index (χ2v) is 3.27. The molecule has 0 fully saturated rings. The Morgan fingerprint density at radius 1 is 1.33 bits per heavy atom. The van der Waals surface area contributed by atoms with Gasteiger partial charge in [0.05, 0.1) is 6.42 Å². The summed E-state index contributed by atoms with van der Waals surface area (Å²) < 4.78 is 0. The Kier molecular flexibility index (Phi) is 5.34. The van der Waals surface area contributed by atoms with Crippen molar-refractivity contribution in [2.24, 2.45) is 5.92 Å². The van der Waals surface area contributed by atoms with Gasteiger partial charge in [0.2, 0.25) is 5.91 Å². The highest BCUT2D eigenvalue weighted by atomic mass is 16.2. The molecule has 0 aromatic rings. The van der Waals surface area contributed by atoms with E-state index in [0.29, 0.717) is 18.9 Å². The molecular formula is C9H17NO2. The molecule has 0 saturated carbocycles. The first-order chi connectivity index (χ1) is 5.56.